The molecule has 0 bridgehead atoms. The standard InChI is InChI=1S/C7H11NO/c1-2-7(6-8)4-3-5-9/h4,9H,2-3,5H2,1H3/b7-4+. The second-order valence-electron chi connectivity index (χ2n) is 1.71. The molecule has 2 heteroatoms. The van der Waals surface area contributed by atoms with Crippen molar-refractivity contribution in [2.24, 2.45) is 0 Å². The Bertz CT molecular complexity index is 132. The lowest BCUT2D eigenvalue weighted by Crippen LogP contribution is -1.80. The normalized spacial score (nSPS) is 11.0. The van der Waals surface area contributed by atoms with E-state index in [1.807, 2.05) is 13.0 Å². The summed E-state index contributed by atoms with van der Waals surface area (Å²) in [5, 5.41) is 16.7. The van der Waals surface area contributed by atoms with E-state index in [2.05, 4.69) is 0 Å². The molecule has 1 N–H and O–H groups in total. The van der Waals surface area contributed by atoms with E-state index in [-0.39, 0.29) is 6.61 Å². The van der Waals surface area contributed by atoms with Crippen LogP contribution < -0.4 is 0 Å². The van der Waals surface area contributed by atoms with Crippen LogP contribution in [0.3, 0.4) is 0 Å². The first-order chi connectivity index (χ1) is 4.35. The van der Waals surface area contributed by atoms with Gasteiger partial charge in [-0.15, -0.1) is 0 Å². The topological polar surface area (TPSA) is 44.0 Å². The Morgan fingerprint density at radius 2 is 2.44 bits per heavy atom. The lowest BCUT2D eigenvalue weighted by atomic mass is 10.2. The maximum absolute atomic E-state index is 8.35. The lowest BCUT2D eigenvalue weighted by Gasteiger charge is -1.88. The summed E-state index contributed by atoms with van der Waals surface area (Å²) in [5.41, 5.74) is 0.754. The minimum atomic E-state index is 0.130. The second-order valence-corrected chi connectivity index (χ2v) is 1.71. The SMILES string of the molecule is CC/C(C#N)=C\CCO. The van der Waals surface area contributed by atoms with Gasteiger partial charge in [-0.05, 0) is 12.8 Å². The van der Waals surface area contributed by atoms with Crippen LogP contribution in [0.2, 0.25) is 0 Å². The van der Waals surface area contributed by atoms with Crippen molar-refractivity contribution in [3.8, 4) is 6.07 Å². The molecule has 0 radical (unpaired) electrons. The quantitative estimate of drug-likeness (QED) is 0.576. The molecule has 0 aliphatic rings. The third-order valence-electron chi connectivity index (χ3n) is 1.04. The van der Waals surface area contributed by atoms with Gasteiger partial charge in [0.2, 0.25) is 0 Å². The van der Waals surface area contributed by atoms with Crippen LogP contribution in [0.15, 0.2) is 11.6 Å². The fourth-order valence-corrected chi connectivity index (χ4v) is 0.508. The smallest absolute Gasteiger partial charge is 0.0943 e. The van der Waals surface area contributed by atoms with Crippen LogP contribution in [-0.4, -0.2) is 11.7 Å². The van der Waals surface area contributed by atoms with E-state index in [1.165, 1.54) is 0 Å². The average molecular weight is 125 g/mol. The monoisotopic (exact) mass is 125 g/mol. The van der Waals surface area contributed by atoms with E-state index in [1.54, 1.807) is 6.08 Å². The van der Waals surface area contributed by atoms with Crippen molar-refractivity contribution in [2.45, 2.75) is 19.8 Å². The van der Waals surface area contributed by atoms with Crippen LogP contribution in [0.5, 0.6) is 0 Å². The minimum absolute atomic E-state index is 0.130. The van der Waals surface area contributed by atoms with E-state index in [0.29, 0.717) is 6.42 Å². The van der Waals surface area contributed by atoms with Gasteiger partial charge in [0.05, 0.1) is 6.07 Å². The second kappa shape index (κ2) is 5.33. The van der Waals surface area contributed by atoms with Gasteiger partial charge in [0.15, 0.2) is 0 Å². The number of aliphatic hydroxyl groups is 1. The summed E-state index contributed by atoms with van der Waals surface area (Å²) >= 11 is 0. The number of rotatable bonds is 3. The van der Waals surface area contributed by atoms with Gasteiger partial charge in [0.1, 0.15) is 0 Å². The summed E-state index contributed by atoms with van der Waals surface area (Å²) < 4.78 is 0. The molecule has 2 nitrogen and oxygen atoms in total. The van der Waals surface area contributed by atoms with Crippen molar-refractivity contribution in [1.29, 1.82) is 5.26 Å². The molecule has 0 heterocycles. The molecule has 0 saturated carbocycles. The molecule has 0 unspecified atom stereocenters. The van der Waals surface area contributed by atoms with Crippen molar-refractivity contribution in [3.63, 3.8) is 0 Å². The molecule has 0 aromatic rings. The van der Waals surface area contributed by atoms with Crippen molar-refractivity contribution < 1.29 is 5.11 Å². The molecule has 0 aromatic heterocycles. The van der Waals surface area contributed by atoms with Gasteiger partial charge in [-0.1, -0.05) is 13.0 Å². The van der Waals surface area contributed by atoms with Crippen LogP contribution in [0.1, 0.15) is 19.8 Å². The van der Waals surface area contributed by atoms with Crippen molar-refractivity contribution >= 4 is 0 Å². The van der Waals surface area contributed by atoms with Crippen LogP contribution >= 0.6 is 0 Å². The van der Waals surface area contributed by atoms with Gasteiger partial charge >= 0.3 is 0 Å². The predicted molar refractivity (Wildman–Crippen MR) is 35.7 cm³/mol. The third kappa shape index (κ3) is 3.75. The molecule has 0 amide bonds. The molecular formula is C7H11NO. The number of hydrogen-bond acceptors (Lipinski definition) is 2. The molecule has 9 heavy (non-hydrogen) atoms. The summed E-state index contributed by atoms with van der Waals surface area (Å²) in [5.74, 6) is 0. The van der Waals surface area contributed by atoms with E-state index in [9.17, 15) is 0 Å². The summed E-state index contributed by atoms with van der Waals surface area (Å²) in [6.07, 6.45) is 3.12. The van der Waals surface area contributed by atoms with Crippen molar-refractivity contribution in [2.75, 3.05) is 6.61 Å². The van der Waals surface area contributed by atoms with E-state index in [0.717, 1.165) is 12.0 Å². The summed E-state index contributed by atoms with van der Waals surface area (Å²) in [7, 11) is 0. The van der Waals surface area contributed by atoms with Crippen LogP contribution in [0, 0.1) is 11.3 Å². The first-order valence-corrected chi connectivity index (χ1v) is 3.05. The summed E-state index contributed by atoms with van der Waals surface area (Å²) in [6, 6.07) is 2.04. The molecule has 0 aliphatic heterocycles. The first kappa shape index (κ1) is 8.19. The average Bonchev–Trinajstić information content (AvgIpc) is 1.91. The number of nitriles is 1. The van der Waals surface area contributed by atoms with Crippen molar-refractivity contribution in [1.82, 2.24) is 0 Å². The highest BCUT2D eigenvalue weighted by Gasteiger charge is 1.86. The first-order valence-electron chi connectivity index (χ1n) is 3.05. The highest BCUT2D eigenvalue weighted by atomic mass is 16.2. The fraction of sp³-hybridized carbons (Fsp3) is 0.571. The third-order valence-corrected chi connectivity index (χ3v) is 1.04. The Morgan fingerprint density at radius 3 is 2.78 bits per heavy atom. The molecule has 0 spiro atoms. The lowest BCUT2D eigenvalue weighted by molar-refractivity contribution is 0.302. The zero-order chi connectivity index (χ0) is 7.11. The number of hydrogen-bond donors (Lipinski definition) is 1. The largest absolute Gasteiger partial charge is 0.396 e. The molecule has 0 aliphatic carbocycles. The Labute approximate surface area is 55.4 Å². The number of aliphatic hydroxyl groups excluding tert-OH is 1. The van der Waals surface area contributed by atoms with Crippen LogP contribution in [0.4, 0.5) is 0 Å². The minimum Gasteiger partial charge on any atom is -0.396 e. The van der Waals surface area contributed by atoms with Gasteiger partial charge in [-0.2, -0.15) is 5.26 Å². The maximum atomic E-state index is 8.35. The molecular weight excluding hydrogens is 114 g/mol. The van der Waals surface area contributed by atoms with Crippen LogP contribution in [0.25, 0.3) is 0 Å². The molecule has 0 fully saturated rings. The Hall–Kier alpha value is -0.810. The van der Waals surface area contributed by atoms with Gasteiger partial charge in [-0.25, -0.2) is 0 Å². The molecule has 0 aromatic carbocycles. The molecule has 0 saturated heterocycles. The Balaban J connectivity index is 3.66. The number of nitrogens with zero attached hydrogens (tertiary/aromatic N) is 1. The Kier molecular flexibility index (Phi) is 4.85. The van der Waals surface area contributed by atoms with Crippen LogP contribution in [-0.2, 0) is 0 Å². The Morgan fingerprint density at radius 1 is 1.78 bits per heavy atom. The highest BCUT2D eigenvalue weighted by Crippen LogP contribution is 1.98. The van der Waals surface area contributed by atoms with Gasteiger partial charge in [-0.3, -0.25) is 0 Å². The predicted octanol–water partition coefficient (Wildman–Crippen LogP) is 1.23. The zero-order valence-corrected chi connectivity index (χ0v) is 5.59. The summed E-state index contributed by atoms with van der Waals surface area (Å²) in [6.45, 7) is 2.05. The fourth-order valence-electron chi connectivity index (χ4n) is 0.508. The van der Waals surface area contributed by atoms with Gasteiger partial charge < -0.3 is 5.11 Å². The molecule has 0 atom stereocenters. The summed E-state index contributed by atoms with van der Waals surface area (Å²) in [4.78, 5) is 0. The van der Waals surface area contributed by atoms with E-state index < -0.39 is 0 Å². The van der Waals surface area contributed by atoms with Gasteiger partial charge in [0.25, 0.3) is 0 Å². The number of allylic oxidation sites excluding steroid dienone is 1. The van der Waals surface area contributed by atoms with Gasteiger partial charge in [0, 0.05) is 12.2 Å². The maximum Gasteiger partial charge on any atom is 0.0943 e. The van der Waals surface area contributed by atoms with E-state index in [4.69, 9.17) is 10.4 Å². The molecule has 50 valence electrons. The van der Waals surface area contributed by atoms with E-state index >= 15 is 0 Å². The zero-order valence-electron chi connectivity index (χ0n) is 5.59. The molecule has 0 rings (SSSR count). The highest BCUT2D eigenvalue weighted by molar-refractivity contribution is 5.19. The van der Waals surface area contributed by atoms with Crippen molar-refractivity contribution in [3.05, 3.63) is 11.6 Å².